The molecule has 18 heavy (non-hydrogen) atoms. The lowest BCUT2D eigenvalue weighted by atomic mass is 10.0. The van der Waals surface area contributed by atoms with Crippen LogP contribution in [-0.2, 0) is 19.4 Å². The molecule has 96 valence electrons. The first-order valence-electron chi connectivity index (χ1n) is 6.05. The molecule has 0 aliphatic carbocycles. The summed E-state index contributed by atoms with van der Waals surface area (Å²) >= 11 is 0. The van der Waals surface area contributed by atoms with Crippen molar-refractivity contribution in [1.29, 1.82) is 0 Å². The Hall–Kier alpha value is -1.75. The van der Waals surface area contributed by atoms with E-state index in [1.165, 1.54) is 18.5 Å². The SMILES string of the molecule is CCn1ncnc1CC(N)Cc1cccc(F)c1. The van der Waals surface area contributed by atoms with Crippen LogP contribution in [0.1, 0.15) is 18.3 Å². The summed E-state index contributed by atoms with van der Waals surface area (Å²) in [7, 11) is 0. The van der Waals surface area contributed by atoms with Crippen LogP contribution in [0.4, 0.5) is 4.39 Å². The fourth-order valence-electron chi connectivity index (χ4n) is 1.98. The van der Waals surface area contributed by atoms with E-state index in [-0.39, 0.29) is 11.9 Å². The van der Waals surface area contributed by atoms with E-state index in [9.17, 15) is 4.39 Å². The molecule has 2 N–H and O–H groups in total. The van der Waals surface area contributed by atoms with Crippen LogP contribution in [0, 0.1) is 5.82 Å². The highest BCUT2D eigenvalue weighted by Gasteiger charge is 2.10. The van der Waals surface area contributed by atoms with Gasteiger partial charge in [-0.2, -0.15) is 5.10 Å². The Labute approximate surface area is 106 Å². The van der Waals surface area contributed by atoms with Gasteiger partial charge in [0.05, 0.1) is 0 Å². The maximum absolute atomic E-state index is 13.0. The Bertz CT molecular complexity index is 509. The van der Waals surface area contributed by atoms with Gasteiger partial charge >= 0.3 is 0 Å². The van der Waals surface area contributed by atoms with Crippen LogP contribution >= 0.6 is 0 Å². The molecule has 2 aromatic rings. The molecule has 1 aromatic carbocycles. The van der Waals surface area contributed by atoms with Crippen LogP contribution in [0.3, 0.4) is 0 Å². The molecular weight excluding hydrogens is 231 g/mol. The van der Waals surface area contributed by atoms with Crippen molar-refractivity contribution in [2.24, 2.45) is 5.73 Å². The number of halogens is 1. The minimum atomic E-state index is -0.226. The number of nitrogens with two attached hydrogens (primary N) is 1. The molecule has 0 bridgehead atoms. The zero-order valence-electron chi connectivity index (χ0n) is 10.4. The molecule has 1 heterocycles. The summed E-state index contributed by atoms with van der Waals surface area (Å²) in [5.41, 5.74) is 6.97. The van der Waals surface area contributed by atoms with E-state index >= 15 is 0 Å². The Morgan fingerprint density at radius 3 is 2.94 bits per heavy atom. The van der Waals surface area contributed by atoms with Crippen LogP contribution in [-0.4, -0.2) is 20.8 Å². The van der Waals surface area contributed by atoms with E-state index in [2.05, 4.69) is 10.1 Å². The van der Waals surface area contributed by atoms with Gasteiger partial charge in [0.25, 0.3) is 0 Å². The number of hydrogen-bond acceptors (Lipinski definition) is 3. The lowest BCUT2D eigenvalue weighted by Gasteiger charge is -2.11. The quantitative estimate of drug-likeness (QED) is 0.873. The third-order valence-electron chi connectivity index (χ3n) is 2.83. The number of benzene rings is 1. The maximum Gasteiger partial charge on any atom is 0.138 e. The fourth-order valence-corrected chi connectivity index (χ4v) is 1.98. The van der Waals surface area contributed by atoms with Gasteiger partial charge in [-0.25, -0.2) is 9.37 Å². The normalized spacial score (nSPS) is 12.6. The largest absolute Gasteiger partial charge is 0.327 e. The van der Waals surface area contributed by atoms with Crippen LogP contribution in [0.2, 0.25) is 0 Å². The summed E-state index contributed by atoms with van der Waals surface area (Å²) in [6.45, 7) is 2.79. The third kappa shape index (κ3) is 3.13. The van der Waals surface area contributed by atoms with Gasteiger partial charge < -0.3 is 5.73 Å². The van der Waals surface area contributed by atoms with Crippen LogP contribution in [0.5, 0.6) is 0 Å². The lowest BCUT2D eigenvalue weighted by molar-refractivity contribution is 0.565. The molecule has 2 rings (SSSR count). The Morgan fingerprint density at radius 1 is 1.39 bits per heavy atom. The van der Waals surface area contributed by atoms with Crippen molar-refractivity contribution in [1.82, 2.24) is 14.8 Å². The number of hydrogen-bond donors (Lipinski definition) is 1. The molecule has 0 saturated carbocycles. The van der Waals surface area contributed by atoms with Crippen LogP contribution in [0.25, 0.3) is 0 Å². The van der Waals surface area contributed by atoms with E-state index < -0.39 is 0 Å². The van der Waals surface area contributed by atoms with Gasteiger partial charge in [0.15, 0.2) is 0 Å². The predicted molar refractivity (Wildman–Crippen MR) is 67.5 cm³/mol. The molecule has 5 heteroatoms. The molecule has 0 amide bonds. The summed E-state index contributed by atoms with van der Waals surface area (Å²) in [6.07, 6.45) is 2.81. The monoisotopic (exact) mass is 248 g/mol. The number of aryl methyl sites for hydroxylation is 1. The van der Waals surface area contributed by atoms with E-state index in [4.69, 9.17) is 5.73 Å². The van der Waals surface area contributed by atoms with E-state index in [0.29, 0.717) is 12.8 Å². The second kappa shape index (κ2) is 5.73. The topological polar surface area (TPSA) is 56.7 Å². The highest BCUT2D eigenvalue weighted by molar-refractivity contribution is 5.17. The van der Waals surface area contributed by atoms with Gasteiger partial charge in [0, 0.05) is 19.0 Å². The molecule has 0 saturated heterocycles. The van der Waals surface area contributed by atoms with Gasteiger partial charge in [-0.15, -0.1) is 0 Å². The second-order valence-corrected chi connectivity index (χ2v) is 4.29. The Morgan fingerprint density at radius 2 is 2.22 bits per heavy atom. The first-order chi connectivity index (χ1) is 8.69. The standard InChI is InChI=1S/C13H17FN4/c1-2-18-13(16-9-17-18)8-12(15)7-10-4-3-5-11(14)6-10/h3-6,9,12H,2,7-8,15H2,1H3. The summed E-state index contributed by atoms with van der Waals surface area (Å²) in [5, 5.41) is 4.10. The molecule has 0 aliphatic heterocycles. The summed E-state index contributed by atoms with van der Waals surface area (Å²) in [6, 6.07) is 6.45. The number of aromatic nitrogens is 3. The average molecular weight is 248 g/mol. The zero-order chi connectivity index (χ0) is 13.0. The smallest absolute Gasteiger partial charge is 0.138 e. The number of rotatable bonds is 5. The summed E-state index contributed by atoms with van der Waals surface area (Å²) < 4.78 is 14.9. The van der Waals surface area contributed by atoms with E-state index in [1.807, 2.05) is 17.7 Å². The van der Waals surface area contributed by atoms with Crippen molar-refractivity contribution in [2.45, 2.75) is 32.4 Å². The van der Waals surface area contributed by atoms with Gasteiger partial charge in [-0.3, -0.25) is 4.68 Å². The van der Waals surface area contributed by atoms with Crippen LogP contribution in [0.15, 0.2) is 30.6 Å². The Kier molecular flexibility index (Phi) is 4.04. The second-order valence-electron chi connectivity index (χ2n) is 4.29. The van der Waals surface area contributed by atoms with Crippen molar-refractivity contribution in [3.8, 4) is 0 Å². The van der Waals surface area contributed by atoms with Crippen molar-refractivity contribution < 1.29 is 4.39 Å². The van der Waals surface area contributed by atoms with E-state index in [0.717, 1.165) is 17.9 Å². The maximum atomic E-state index is 13.0. The van der Waals surface area contributed by atoms with E-state index in [1.54, 1.807) is 6.07 Å². The zero-order valence-corrected chi connectivity index (χ0v) is 10.4. The molecule has 0 radical (unpaired) electrons. The predicted octanol–water partition coefficient (Wildman–Crippen LogP) is 1.55. The third-order valence-corrected chi connectivity index (χ3v) is 2.83. The molecular formula is C13H17FN4. The first kappa shape index (κ1) is 12.7. The molecule has 0 spiro atoms. The highest BCUT2D eigenvalue weighted by atomic mass is 19.1. The summed E-state index contributed by atoms with van der Waals surface area (Å²) in [4.78, 5) is 4.18. The fraction of sp³-hybridized carbons (Fsp3) is 0.385. The van der Waals surface area contributed by atoms with Gasteiger partial charge in [0.1, 0.15) is 18.0 Å². The highest BCUT2D eigenvalue weighted by Crippen LogP contribution is 2.08. The molecule has 1 unspecified atom stereocenters. The number of nitrogens with zero attached hydrogens (tertiary/aromatic N) is 3. The molecule has 4 nitrogen and oxygen atoms in total. The van der Waals surface area contributed by atoms with Crippen molar-refractivity contribution in [3.05, 3.63) is 47.8 Å². The van der Waals surface area contributed by atoms with Crippen molar-refractivity contribution in [2.75, 3.05) is 0 Å². The van der Waals surface area contributed by atoms with Crippen molar-refractivity contribution in [3.63, 3.8) is 0 Å². The van der Waals surface area contributed by atoms with Gasteiger partial charge in [-0.1, -0.05) is 12.1 Å². The lowest BCUT2D eigenvalue weighted by Crippen LogP contribution is -2.27. The molecule has 1 atom stereocenters. The molecule has 0 fully saturated rings. The molecule has 0 aliphatic rings. The summed E-state index contributed by atoms with van der Waals surface area (Å²) in [5.74, 6) is 0.651. The minimum absolute atomic E-state index is 0.0821. The van der Waals surface area contributed by atoms with Crippen LogP contribution < -0.4 is 5.73 Å². The first-order valence-corrected chi connectivity index (χ1v) is 6.05. The van der Waals surface area contributed by atoms with Gasteiger partial charge in [0.2, 0.25) is 0 Å². The molecule has 1 aromatic heterocycles. The van der Waals surface area contributed by atoms with Gasteiger partial charge in [-0.05, 0) is 31.0 Å². The Balaban J connectivity index is 1.98. The van der Waals surface area contributed by atoms with Crippen molar-refractivity contribution >= 4 is 0 Å². The average Bonchev–Trinajstić information content (AvgIpc) is 2.76. The minimum Gasteiger partial charge on any atom is -0.327 e.